The third-order valence-corrected chi connectivity index (χ3v) is 8.99. The fourth-order valence-electron chi connectivity index (χ4n) is 2.22. The standard InChI is InChI=1S/C15H29NO3Si/c1-8-9-11-13(10-12(16-11)14(17)18-5)19-20(6,7)15(2,3)4/h8,11-13,16H,1,9-10H2,2-7H3/t11?,12-,13-/m0/s1. The molecule has 1 N–H and O–H groups in total. The Hall–Kier alpha value is -0.653. The van der Waals surface area contributed by atoms with Gasteiger partial charge in [-0.1, -0.05) is 26.8 Å². The van der Waals surface area contributed by atoms with Crippen LogP contribution >= 0.6 is 0 Å². The van der Waals surface area contributed by atoms with Crippen molar-refractivity contribution in [1.29, 1.82) is 0 Å². The zero-order valence-corrected chi connectivity index (χ0v) is 14.7. The third-order valence-electron chi connectivity index (χ3n) is 4.49. The molecule has 20 heavy (non-hydrogen) atoms. The first kappa shape index (κ1) is 17.4. The highest BCUT2D eigenvalue weighted by molar-refractivity contribution is 6.74. The summed E-state index contributed by atoms with van der Waals surface area (Å²) in [5, 5.41) is 3.48. The van der Waals surface area contributed by atoms with Gasteiger partial charge in [0.25, 0.3) is 0 Å². The van der Waals surface area contributed by atoms with Gasteiger partial charge in [0, 0.05) is 6.04 Å². The Balaban J connectivity index is 2.80. The van der Waals surface area contributed by atoms with Crippen LogP contribution in [0.5, 0.6) is 0 Å². The van der Waals surface area contributed by atoms with E-state index >= 15 is 0 Å². The van der Waals surface area contributed by atoms with E-state index in [0.29, 0.717) is 6.42 Å². The van der Waals surface area contributed by atoms with Crippen molar-refractivity contribution < 1.29 is 14.0 Å². The van der Waals surface area contributed by atoms with Crippen LogP contribution in [0, 0.1) is 0 Å². The van der Waals surface area contributed by atoms with Crippen molar-refractivity contribution in [2.24, 2.45) is 0 Å². The second-order valence-corrected chi connectivity index (χ2v) is 11.8. The molecule has 0 aliphatic carbocycles. The van der Waals surface area contributed by atoms with E-state index in [1.54, 1.807) is 0 Å². The number of carbonyl (C=O) groups is 1. The van der Waals surface area contributed by atoms with Crippen LogP contribution in [0.15, 0.2) is 12.7 Å². The van der Waals surface area contributed by atoms with Gasteiger partial charge < -0.3 is 9.16 Å². The normalized spacial score (nSPS) is 27.4. The van der Waals surface area contributed by atoms with Crippen molar-refractivity contribution in [3.8, 4) is 0 Å². The number of hydrogen-bond acceptors (Lipinski definition) is 4. The van der Waals surface area contributed by atoms with Crippen molar-refractivity contribution in [1.82, 2.24) is 5.32 Å². The molecule has 1 unspecified atom stereocenters. The fourth-order valence-corrected chi connectivity index (χ4v) is 3.59. The quantitative estimate of drug-likeness (QED) is 0.482. The predicted octanol–water partition coefficient (Wildman–Crippen LogP) is 2.86. The molecule has 1 fully saturated rings. The van der Waals surface area contributed by atoms with E-state index in [-0.39, 0.29) is 29.2 Å². The van der Waals surface area contributed by atoms with Crippen molar-refractivity contribution in [2.75, 3.05) is 7.11 Å². The van der Waals surface area contributed by atoms with E-state index in [1.807, 2.05) is 6.08 Å². The molecule has 0 spiro atoms. The highest BCUT2D eigenvalue weighted by Crippen LogP contribution is 2.39. The Bertz CT molecular complexity index is 363. The van der Waals surface area contributed by atoms with Gasteiger partial charge in [-0.05, 0) is 31.0 Å². The maximum absolute atomic E-state index is 11.7. The average Bonchev–Trinajstić information content (AvgIpc) is 2.70. The molecule has 0 radical (unpaired) electrons. The average molecular weight is 299 g/mol. The zero-order chi connectivity index (χ0) is 15.6. The lowest BCUT2D eigenvalue weighted by Crippen LogP contribution is -2.47. The molecule has 0 bridgehead atoms. The number of ether oxygens (including phenoxy) is 1. The van der Waals surface area contributed by atoms with Crippen LogP contribution in [-0.2, 0) is 14.0 Å². The number of hydrogen-bond donors (Lipinski definition) is 1. The van der Waals surface area contributed by atoms with Gasteiger partial charge in [0.15, 0.2) is 8.32 Å². The summed E-state index contributed by atoms with van der Waals surface area (Å²) in [5.74, 6) is -0.208. The van der Waals surface area contributed by atoms with Crippen LogP contribution in [0.1, 0.15) is 33.6 Å². The molecule has 1 saturated heterocycles. The maximum atomic E-state index is 11.7. The summed E-state index contributed by atoms with van der Waals surface area (Å²) in [4.78, 5) is 11.7. The molecule has 0 amide bonds. The first-order valence-electron chi connectivity index (χ1n) is 7.25. The molecule has 1 aliphatic rings. The molecule has 0 saturated carbocycles. The first-order chi connectivity index (χ1) is 9.12. The minimum atomic E-state index is -1.84. The summed E-state index contributed by atoms with van der Waals surface area (Å²) in [5.41, 5.74) is 0. The summed E-state index contributed by atoms with van der Waals surface area (Å²) < 4.78 is 11.3. The summed E-state index contributed by atoms with van der Waals surface area (Å²) in [6.45, 7) is 14.9. The van der Waals surface area contributed by atoms with E-state index < -0.39 is 8.32 Å². The minimum Gasteiger partial charge on any atom is -0.468 e. The first-order valence-corrected chi connectivity index (χ1v) is 10.2. The van der Waals surface area contributed by atoms with Gasteiger partial charge in [0.05, 0.1) is 13.2 Å². The van der Waals surface area contributed by atoms with Gasteiger partial charge in [-0.25, -0.2) is 0 Å². The Kier molecular flexibility index (Phi) is 5.58. The van der Waals surface area contributed by atoms with E-state index in [2.05, 4.69) is 45.8 Å². The Morgan fingerprint density at radius 1 is 1.45 bits per heavy atom. The molecule has 0 aromatic heterocycles. The summed E-state index contributed by atoms with van der Waals surface area (Å²) >= 11 is 0. The van der Waals surface area contributed by atoms with Crippen LogP contribution in [-0.4, -0.2) is 39.6 Å². The molecule has 1 heterocycles. The van der Waals surface area contributed by atoms with Crippen LogP contribution in [0.25, 0.3) is 0 Å². The van der Waals surface area contributed by atoms with Gasteiger partial charge >= 0.3 is 5.97 Å². The third kappa shape index (κ3) is 3.93. The molecular weight excluding hydrogens is 270 g/mol. The summed E-state index contributed by atoms with van der Waals surface area (Å²) in [6, 6.07) is -0.120. The maximum Gasteiger partial charge on any atom is 0.322 e. The van der Waals surface area contributed by atoms with Crippen molar-refractivity contribution in [3.63, 3.8) is 0 Å². The van der Waals surface area contributed by atoms with E-state index in [0.717, 1.165) is 6.42 Å². The van der Waals surface area contributed by atoms with Gasteiger partial charge in [-0.15, -0.1) is 6.58 Å². The zero-order valence-electron chi connectivity index (χ0n) is 13.7. The van der Waals surface area contributed by atoms with Crippen molar-refractivity contribution in [2.45, 2.75) is 69.9 Å². The highest BCUT2D eigenvalue weighted by atomic mass is 28.4. The lowest BCUT2D eigenvalue weighted by atomic mass is 10.1. The van der Waals surface area contributed by atoms with Crippen LogP contribution < -0.4 is 5.32 Å². The lowest BCUT2D eigenvalue weighted by molar-refractivity contribution is -0.142. The van der Waals surface area contributed by atoms with Gasteiger partial charge in [0.1, 0.15) is 6.04 Å². The van der Waals surface area contributed by atoms with Crippen molar-refractivity contribution >= 4 is 14.3 Å². The van der Waals surface area contributed by atoms with E-state index in [9.17, 15) is 4.79 Å². The molecular formula is C15H29NO3Si. The molecule has 116 valence electrons. The van der Waals surface area contributed by atoms with Gasteiger partial charge in [-0.2, -0.15) is 0 Å². The van der Waals surface area contributed by atoms with E-state index in [1.165, 1.54) is 7.11 Å². The number of esters is 1. The predicted molar refractivity (Wildman–Crippen MR) is 84.2 cm³/mol. The molecule has 5 heteroatoms. The Labute approximate surface area is 124 Å². The second-order valence-electron chi connectivity index (χ2n) is 7.03. The summed E-state index contributed by atoms with van der Waals surface area (Å²) in [6.07, 6.45) is 3.40. The molecule has 1 aliphatic heterocycles. The number of carbonyl (C=O) groups excluding carboxylic acids is 1. The Morgan fingerprint density at radius 2 is 2.05 bits per heavy atom. The monoisotopic (exact) mass is 299 g/mol. The molecule has 0 aromatic carbocycles. The topological polar surface area (TPSA) is 47.6 Å². The number of rotatable bonds is 5. The highest BCUT2D eigenvalue weighted by Gasteiger charge is 2.45. The van der Waals surface area contributed by atoms with Crippen molar-refractivity contribution in [3.05, 3.63) is 12.7 Å². The van der Waals surface area contributed by atoms with Crippen LogP contribution in [0.2, 0.25) is 18.1 Å². The molecule has 3 atom stereocenters. The smallest absolute Gasteiger partial charge is 0.322 e. The van der Waals surface area contributed by atoms with Crippen LogP contribution in [0.3, 0.4) is 0 Å². The fraction of sp³-hybridized carbons (Fsp3) is 0.800. The van der Waals surface area contributed by atoms with Gasteiger partial charge in [-0.3, -0.25) is 10.1 Å². The van der Waals surface area contributed by atoms with E-state index in [4.69, 9.17) is 9.16 Å². The van der Waals surface area contributed by atoms with Gasteiger partial charge in [0.2, 0.25) is 0 Å². The minimum absolute atomic E-state index is 0.0537. The van der Waals surface area contributed by atoms with Crippen LogP contribution in [0.4, 0.5) is 0 Å². The Morgan fingerprint density at radius 3 is 2.50 bits per heavy atom. The number of nitrogens with one attached hydrogen (secondary N) is 1. The molecule has 0 aromatic rings. The number of methoxy groups -OCH3 is 1. The SMILES string of the molecule is C=CCC1N[C@H](C(=O)OC)C[C@@H]1O[Si](C)(C)C(C)(C)C. The second kappa shape index (κ2) is 6.41. The summed E-state index contributed by atoms with van der Waals surface area (Å²) in [7, 11) is -0.417. The molecule has 4 nitrogen and oxygen atoms in total. The lowest BCUT2D eigenvalue weighted by Gasteiger charge is -2.39. The largest absolute Gasteiger partial charge is 0.468 e. The molecule has 1 rings (SSSR count).